The minimum atomic E-state index is -0.190. The highest BCUT2D eigenvalue weighted by molar-refractivity contribution is 6.30. The van der Waals surface area contributed by atoms with Gasteiger partial charge in [-0.2, -0.15) is 5.10 Å². The molecular weight excluding hydrogens is 384 g/mol. The number of halogens is 1. The molecule has 0 aliphatic rings. The van der Waals surface area contributed by atoms with Crippen molar-refractivity contribution in [3.8, 4) is 17.1 Å². The second-order valence-corrected chi connectivity index (χ2v) is 7.35. The molecule has 0 fully saturated rings. The summed E-state index contributed by atoms with van der Waals surface area (Å²) in [5, 5.41) is 8.41. The smallest absolute Gasteiger partial charge is 0.270 e. The molecule has 4 rings (SSSR count). The number of carbonyl (C=O) groups is 1. The molecule has 0 saturated heterocycles. The highest BCUT2D eigenvalue weighted by Gasteiger charge is 2.20. The van der Waals surface area contributed by atoms with Gasteiger partial charge in [0.2, 0.25) is 0 Å². The van der Waals surface area contributed by atoms with E-state index in [0.29, 0.717) is 10.7 Å². The van der Waals surface area contributed by atoms with Gasteiger partial charge in [-0.1, -0.05) is 41.9 Å². The molecule has 0 radical (unpaired) electrons. The van der Waals surface area contributed by atoms with Crippen LogP contribution in [0.1, 0.15) is 29.0 Å². The lowest BCUT2D eigenvalue weighted by Crippen LogP contribution is -2.28. The van der Waals surface area contributed by atoms with Crippen molar-refractivity contribution in [2.75, 3.05) is 0 Å². The van der Waals surface area contributed by atoms with Crippen LogP contribution in [0.3, 0.4) is 0 Å². The van der Waals surface area contributed by atoms with E-state index in [2.05, 4.69) is 5.32 Å². The van der Waals surface area contributed by atoms with Gasteiger partial charge in [0.1, 0.15) is 11.4 Å². The predicted molar refractivity (Wildman–Crippen MR) is 115 cm³/mol. The summed E-state index contributed by atoms with van der Waals surface area (Å²) < 4.78 is 3.63. The Morgan fingerprint density at radius 3 is 2.41 bits per heavy atom. The van der Waals surface area contributed by atoms with Gasteiger partial charge in [-0.25, -0.2) is 4.68 Å². The molecule has 0 unspecified atom stereocenters. The van der Waals surface area contributed by atoms with E-state index in [-0.39, 0.29) is 11.9 Å². The molecule has 1 amide bonds. The molecule has 0 bridgehead atoms. The summed E-state index contributed by atoms with van der Waals surface area (Å²) in [7, 11) is 1.95. The van der Waals surface area contributed by atoms with Crippen LogP contribution in [-0.2, 0) is 7.05 Å². The molecule has 2 aromatic heterocycles. The fraction of sp³-hybridized carbons (Fsp3) is 0.130. The highest BCUT2D eigenvalue weighted by atomic mass is 35.5. The van der Waals surface area contributed by atoms with Crippen LogP contribution in [0.25, 0.3) is 17.1 Å². The first-order chi connectivity index (χ1) is 14.0. The topological polar surface area (TPSA) is 51.9 Å². The van der Waals surface area contributed by atoms with Crippen LogP contribution < -0.4 is 5.32 Å². The van der Waals surface area contributed by atoms with Crippen LogP contribution in [0.2, 0.25) is 5.02 Å². The number of hydrogen-bond donors (Lipinski definition) is 1. The molecule has 0 spiro atoms. The maximum atomic E-state index is 13.2. The van der Waals surface area contributed by atoms with E-state index in [1.165, 1.54) is 0 Å². The molecule has 29 heavy (non-hydrogen) atoms. The van der Waals surface area contributed by atoms with Crippen molar-refractivity contribution in [2.45, 2.75) is 13.0 Å². The van der Waals surface area contributed by atoms with Gasteiger partial charge in [0.05, 0.1) is 17.4 Å². The van der Waals surface area contributed by atoms with Crippen LogP contribution >= 0.6 is 11.6 Å². The van der Waals surface area contributed by atoms with Crippen molar-refractivity contribution < 1.29 is 4.79 Å². The first kappa shape index (κ1) is 19.0. The van der Waals surface area contributed by atoms with Crippen molar-refractivity contribution in [2.24, 2.45) is 7.05 Å². The molecule has 2 heterocycles. The predicted octanol–water partition coefficient (Wildman–Crippen LogP) is 5.02. The second kappa shape index (κ2) is 7.97. The molecular formula is C23H21ClN4O. The van der Waals surface area contributed by atoms with Gasteiger partial charge in [0.15, 0.2) is 0 Å². The Kier molecular flexibility index (Phi) is 5.23. The van der Waals surface area contributed by atoms with E-state index in [4.69, 9.17) is 16.7 Å². The number of nitrogens with one attached hydrogen (secondary N) is 1. The normalized spacial score (nSPS) is 12.0. The first-order valence-corrected chi connectivity index (χ1v) is 9.74. The van der Waals surface area contributed by atoms with E-state index in [1.54, 1.807) is 16.8 Å². The SMILES string of the molecule is C[C@H](NC(=O)c1cc(-c2cccn2C)nn1-c1ccc(Cl)cc1)c1ccccc1. The average molecular weight is 405 g/mol. The molecule has 6 heteroatoms. The monoisotopic (exact) mass is 404 g/mol. The molecule has 5 nitrogen and oxygen atoms in total. The van der Waals surface area contributed by atoms with E-state index in [1.807, 2.05) is 85.4 Å². The molecule has 0 saturated carbocycles. The van der Waals surface area contributed by atoms with Crippen molar-refractivity contribution in [3.05, 3.63) is 95.3 Å². The number of aryl methyl sites for hydroxylation is 1. The van der Waals surface area contributed by atoms with Crippen LogP contribution in [0.15, 0.2) is 79.0 Å². The molecule has 1 atom stereocenters. The molecule has 2 aromatic carbocycles. The maximum Gasteiger partial charge on any atom is 0.270 e. The number of rotatable bonds is 5. The minimum Gasteiger partial charge on any atom is -0.349 e. The Morgan fingerprint density at radius 2 is 1.76 bits per heavy atom. The third kappa shape index (κ3) is 3.96. The standard InChI is InChI=1S/C23H21ClN4O/c1-16(17-7-4-3-5-8-17)25-23(29)22-15-20(21-9-6-14-27(21)2)26-28(22)19-12-10-18(24)11-13-19/h3-16H,1-2H3,(H,25,29)/t16-/m0/s1. The van der Waals surface area contributed by atoms with Crippen LogP contribution in [0.4, 0.5) is 0 Å². The Bertz CT molecular complexity index is 1130. The first-order valence-electron chi connectivity index (χ1n) is 9.36. The zero-order valence-corrected chi connectivity index (χ0v) is 17.0. The average Bonchev–Trinajstić information content (AvgIpc) is 3.35. The summed E-state index contributed by atoms with van der Waals surface area (Å²) in [5.41, 5.74) is 3.94. The lowest BCUT2D eigenvalue weighted by molar-refractivity contribution is 0.0932. The van der Waals surface area contributed by atoms with Gasteiger partial charge in [0.25, 0.3) is 5.91 Å². The zero-order valence-electron chi connectivity index (χ0n) is 16.2. The van der Waals surface area contributed by atoms with Crippen LogP contribution in [0, 0.1) is 0 Å². The van der Waals surface area contributed by atoms with E-state index in [9.17, 15) is 4.79 Å². The van der Waals surface area contributed by atoms with Gasteiger partial charge < -0.3 is 9.88 Å². The van der Waals surface area contributed by atoms with Gasteiger partial charge in [-0.15, -0.1) is 0 Å². The summed E-state index contributed by atoms with van der Waals surface area (Å²) in [6, 6.07) is 22.8. The van der Waals surface area contributed by atoms with Crippen LogP contribution in [-0.4, -0.2) is 20.3 Å². The van der Waals surface area contributed by atoms with E-state index < -0.39 is 0 Å². The number of nitrogens with zero attached hydrogens (tertiary/aromatic N) is 3. The quantitative estimate of drug-likeness (QED) is 0.507. The zero-order chi connectivity index (χ0) is 20.4. The van der Waals surface area contributed by atoms with Crippen molar-refractivity contribution in [3.63, 3.8) is 0 Å². The second-order valence-electron chi connectivity index (χ2n) is 6.91. The molecule has 0 aliphatic carbocycles. The molecule has 146 valence electrons. The summed E-state index contributed by atoms with van der Waals surface area (Å²) in [6.45, 7) is 1.97. The van der Waals surface area contributed by atoms with Gasteiger partial charge in [-0.05, 0) is 55.0 Å². The highest BCUT2D eigenvalue weighted by Crippen LogP contribution is 2.23. The Labute approximate surface area is 174 Å². The summed E-state index contributed by atoms with van der Waals surface area (Å²) in [6.07, 6.45) is 1.95. The van der Waals surface area contributed by atoms with Crippen LogP contribution in [0.5, 0.6) is 0 Å². The Hall–Kier alpha value is -3.31. The molecule has 1 N–H and O–H groups in total. The van der Waals surface area contributed by atoms with Gasteiger partial charge >= 0.3 is 0 Å². The van der Waals surface area contributed by atoms with Crippen molar-refractivity contribution in [1.29, 1.82) is 0 Å². The maximum absolute atomic E-state index is 13.2. The fourth-order valence-corrected chi connectivity index (χ4v) is 3.40. The Balaban J connectivity index is 1.72. The lowest BCUT2D eigenvalue weighted by atomic mass is 10.1. The van der Waals surface area contributed by atoms with E-state index >= 15 is 0 Å². The summed E-state index contributed by atoms with van der Waals surface area (Å²) in [4.78, 5) is 13.2. The number of carbonyl (C=O) groups excluding carboxylic acids is 1. The molecule has 0 aliphatic heterocycles. The lowest BCUT2D eigenvalue weighted by Gasteiger charge is -2.15. The third-order valence-electron chi connectivity index (χ3n) is 4.87. The summed E-state index contributed by atoms with van der Waals surface area (Å²) >= 11 is 6.03. The fourth-order valence-electron chi connectivity index (χ4n) is 3.27. The van der Waals surface area contributed by atoms with E-state index in [0.717, 1.165) is 22.6 Å². The number of benzene rings is 2. The number of hydrogen-bond acceptors (Lipinski definition) is 2. The number of amides is 1. The number of aromatic nitrogens is 3. The minimum absolute atomic E-state index is 0.129. The van der Waals surface area contributed by atoms with Gasteiger partial charge in [-0.3, -0.25) is 4.79 Å². The Morgan fingerprint density at radius 1 is 1.03 bits per heavy atom. The largest absolute Gasteiger partial charge is 0.349 e. The van der Waals surface area contributed by atoms with Crippen molar-refractivity contribution >= 4 is 17.5 Å². The third-order valence-corrected chi connectivity index (χ3v) is 5.12. The van der Waals surface area contributed by atoms with Crippen molar-refractivity contribution in [1.82, 2.24) is 19.7 Å². The molecule has 4 aromatic rings. The summed E-state index contributed by atoms with van der Waals surface area (Å²) in [5.74, 6) is -0.190. The van der Waals surface area contributed by atoms with Gasteiger partial charge in [0, 0.05) is 18.3 Å².